The number of hydrogen-bond acceptors (Lipinski definition) is 4. The molecular formula is C20H25FO5. The van der Waals surface area contributed by atoms with E-state index in [0.717, 1.165) is 12.8 Å². The van der Waals surface area contributed by atoms with Gasteiger partial charge >= 0.3 is 5.97 Å². The van der Waals surface area contributed by atoms with E-state index in [0.29, 0.717) is 24.8 Å². The number of aliphatic carboxylic acids is 1. The number of aliphatic hydroxyl groups is 2. The second-order valence-corrected chi connectivity index (χ2v) is 6.88. The lowest BCUT2D eigenvalue weighted by atomic mass is 9.87. The number of carbonyl (C=O) groups is 2. The van der Waals surface area contributed by atoms with Crippen LogP contribution in [0.25, 0.3) is 6.08 Å². The van der Waals surface area contributed by atoms with Crippen molar-refractivity contribution in [3.8, 4) is 0 Å². The topological polar surface area (TPSA) is 94.8 Å². The first-order valence-electron chi connectivity index (χ1n) is 8.93. The van der Waals surface area contributed by atoms with Crippen LogP contribution in [0.4, 0.5) is 4.39 Å². The van der Waals surface area contributed by atoms with Gasteiger partial charge in [0.05, 0.1) is 6.42 Å². The number of carbonyl (C=O) groups excluding carboxylic acids is 1. The summed E-state index contributed by atoms with van der Waals surface area (Å²) in [6.45, 7) is 0. The Kier molecular flexibility index (Phi) is 7.06. The largest absolute Gasteiger partial charge is 0.481 e. The van der Waals surface area contributed by atoms with E-state index in [1.165, 1.54) is 18.2 Å². The Morgan fingerprint density at radius 1 is 1.19 bits per heavy atom. The highest BCUT2D eigenvalue weighted by Gasteiger charge is 2.49. The fraction of sp³-hybridized carbons (Fsp3) is 0.500. The van der Waals surface area contributed by atoms with Gasteiger partial charge in [0.2, 0.25) is 0 Å². The van der Waals surface area contributed by atoms with Crippen molar-refractivity contribution in [1.82, 2.24) is 0 Å². The van der Waals surface area contributed by atoms with Crippen molar-refractivity contribution in [3.05, 3.63) is 41.7 Å². The number of rotatable bonds is 9. The molecule has 2 rings (SSSR count). The minimum absolute atomic E-state index is 0.132. The van der Waals surface area contributed by atoms with E-state index >= 15 is 0 Å². The molecule has 6 heteroatoms. The fourth-order valence-electron chi connectivity index (χ4n) is 3.47. The van der Waals surface area contributed by atoms with E-state index < -0.39 is 29.4 Å². The van der Waals surface area contributed by atoms with Crippen molar-refractivity contribution in [3.63, 3.8) is 0 Å². The minimum atomic E-state index is -2.12. The molecule has 1 aliphatic carbocycles. The molecular weight excluding hydrogens is 339 g/mol. The van der Waals surface area contributed by atoms with Crippen LogP contribution in [0.2, 0.25) is 0 Å². The number of halogens is 1. The second kappa shape index (κ2) is 9.05. The standard InChI is InChI=1S/C20H25FO5/c21-17-9-6-5-7-14(17)11-12-16-15(18(22)13-20(16,25)26)8-3-1-2-4-10-19(23)24/h5-7,9,11-12,15-16,25-26H,1-4,8,10,13H2,(H,23,24)/b12-11+/t15-,16-/m0/s1. The van der Waals surface area contributed by atoms with Gasteiger partial charge in [-0.25, -0.2) is 4.39 Å². The molecule has 1 fully saturated rings. The Balaban J connectivity index is 1.96. The maximum Gasteiger partial charge on any atom is 0.303 e. The molecule has 0 amide bonds. The number of carboxylic acid groups (broad SMARTS) is 1. The van der Waals surface area contributed by atoms with Crippen LogP contribution in [0.1, 0.15) is 50.5 Å². The van der Waals surface area contributed by atoms with Crippen molar-refractivity contribution < 1.29 is 29.3 Å². The Bertz CT molecular complexity index is 668. The zero-order valence-electron chi connectivity index (χ0n) is 14.6. The number of unbranched alkanes of at least 4 members (excludes halogenated alkanes) is 3. The predicted octanol–water partition coefficient (Wildman–Crippen LogP) is 3.15. The van der Waals surface area contributed by atoms with Gasteiger partial charge in [-0.15, -0.1) is 0 Å². The first-order valence-corrected chi connectivity index (χ1v) is 8.93. The van der Waals surface area contributed by atoms with Crippen LogP contribution in [0.15, 0.2) is 30.3 Å². The minimum Gasteiger partial charge on any atom is -0.481 e. The summed E-state index contributed by atoms with van der Waals surface area (Å²) in [6.07, 6.45) is 6.14. The maximum absolute atomic E-state index is 13.7. The normalized spacial score (nSPS) is 22.2. The summed E-state index contributed by atoms with van der Waals surface area (Å²) in [6, 6.07) is 6.15. The molecule has 0 radical (unpaired) electrons. The molecule has 1 aromatic rings. The Hall–Kier alpha value is -2.05. The van der Waals surface area contributed by atoms with Gasteiger partial charge in [0.1, 0.15) is 11.6 Å². The summed E-state index contributed by atoms with van der Waals surface area (Å²) in [5.74, 6) is -4.86. The summed E-state index contributed by atoms with van der Waals surface area (Å²) < 4.78 is 13.7. The number of ketones is 1. The first-order chi connectivity index (χ1) is 12.3. The first kappa shape index (κ1) is 20.3. The summed E-state index contributed by atoms with van der Waals surface area (Å²) in [5.41, 5.74) is 0.329. The monoisotopic (exact) mass is 364 g/mol. The zero-order chi connectivity index (χ0) is 19.2. The average Bonchev–Trinajstić information content (AvgIpc) is 2.78. The predicted molar refractivity (Wildman–Crippen MR) is 94.5 cm³/mol. The summed E-state index contributed by atoms with van der Waals surface area (Å²) in [7, 11) is 0. The van der Waals surface area contributed by atoms with Crippen molar-refractivity contribution in [2.45, 2.75) is 50.7 Å². The van der Waals surface area contributed by atoms with Crippen LogP contribution < -0.4 is 0 Å². The smallest absolute Gasteiger partial charge is 0.303 e. The van der Waals surface area contributed by atoms with Crippen molar-refractivity contribution in [1.29, 1.82) is 0 Å². The molecule has 0 aromatic heterocycles. The summed E-state index contributed by atoms with van der Waals surface area (Å²) in [5, 5.41) is 28.9. The summed E-state index contributed by atoms with van der Waals surface area (Å²) in [4.78, 5) is 22.7. The maximum atomic E-state index is 13.7. The molecule has 0 heterocycles. The second-order valence-electron chi connectivity index (χ2n) is 6.88. The lowest BCUT2D eigenvalue weighted by molar-refractivity contribution is -0.178. The number of benzene rings is 1. The Morgan fingerprint density at radius 2 is 1.88 bits per heavy atom. The summed E-state index contributed by atoms with van der Waals surface area (Å²) >= 11 is 0. The molecule has 1 saturated carbocycles. The van der Waals surface area contributed by atoms with Crippen LogP contribution in [0.5, 0.6) is 0 Å². The third-order valence-corrected chi connectivity index (χ3v) is 4.86. The highest BCUT2D eigenvalue weighted by molar-refractivity contribution is 5.85. The highest BCUT2D eigenvalue weighted by atomic mass is 19.1. The van der Waals surface area contributed by atoms with Crippen LogP contribution in [-0.2, 0) is 9.59 Å². The van der Waals surface area contributed by atoms with Crippen molar-refractivity contribution >= 4 is 17.8 Å². The van der Waals surface area contributed by atoms with Crippen LogP contribution in [-0.4, -0.2) is 32.9 Å². The molecule has 3 N–H and O–H groups in total. The van der Waals surface area contributed by atoms with Crippen molar-refractivity contribution in [2.24, 2.45) is 11.8 Å². The molecule has 2 atom stereocenters. The molecule has 0 unspecified atom stereocenters. The lowest BCUT2D eigenvalue weighted by Gasteiger charge is -2.24. The Morgan fingerprint density at radius 3 is 2.58 bits per heavy atom. The highest BCUT2D eigenvalue weighted by Crippen LogP contribution is 2.40. The van der Waals surface area contributed by atoms with Crippen LogP contribution >= 0.6 is 0 Å². The van der Waals surface area contributed by atoms with Crippen molar-refractivity contribution in [2.75, 3.05) is 0 Å². The van der Waals surface area contributed by atoms with E-state index in [1.54, 1.807) is 18.2 Å². The molecule has 0 saturated heterocycles. The number of Topliss-reactive ketones (excluding diaryl/α,β-unsaturated/α-hetero) is 1. The third kappa shape index (κ3) is 5.47. The SMILES string of the molecule is O=C(O)CCCCCC[C@@H]1C(=O)CC(O)(O)[C@H]1/C=C/c1ccccc1F. The molecule has 0 bridgehead atoms. The van der Waals surface area contributed by atoms with E-state index in [4.69, 9.17) is 5.11 Å². The molecule has 1 aromatic carbocycles. The van der Waals surface area contributed by atoms with E-state index in [1.807, 2.05) is 0 Å². The molecule has 26 heavy (non-hydrogen) atoms. The zero-order valence-corrected chi connectivity index (χ0v) is 14.6. The molecule has 1 aliphatic rings. The third-order valence-electron chi connectivity index (χ3n) is 4.86. The van der Waals surface area contributed by atoms with E-state index in [-0.39, 0.29) is 18.6 Å². The molecule has 5 nitrogen and oxygen atoms in total. The molecule has 0 aliphatic heterocycles. The van der Waals surface area contributed by atoms with Crippen LogP contribution in [0, 0.1) is 17.7 Å². The molecule has 0 spiro atoms. The van der Waals surface area contributed by atoms with E-state index in [2.05, 4.69) is 0 Å². The van der Waals surface area contributed by atoms with Gasteiger partial charge in [-0.05, 0) is 18.9 Å². The van der Waals surface area contributed by atoms with Gasteiger partial charge in [0, 0.05) is 23.8 Å². The van der Waals surface area contributed by atoms with Crippen LogP contribution in [0.3, 0.4) is 0 Å². The van der Waals surface area contributed by atoms with Gasteiger partial charge in [0.25, 0.3) is 0 Å². The number of hydrogen-bond donors (Lipinski definition) is 3. The van der Waals surface area contributed by atoms with Gasteiger partial charge in [-0.2, -0.15) is 0 Å². The fourth-order valence-corrected chi connectivity index (χ4v) is 3.47. The van der Waals surface area contributed by atoms with Gasteiger partial charge in [0.15, 0.2) is 5.79 Å². The number of carboxylic acids is 1. The Labute approximate surface area is 152 Å². The van der Waals surface area contributed by atoms with E-state index in [9.17, 15) is 24.2 Å². The average molecular weight is 364 g/mol. The van der Waals surface area contributed by atoms with Gasteiger partial charge < -0.3 is 15.3 Å². The molecule has 142 valence electrons. The van der Waals surface area contributed by atoms with Gasteiger partial charge in [-0.1, -0.05) is 49.6 Å². The lowest BCUT2D eigenvalue weighted by Crippen LogP contribution is -2.33. The van der Waals surface area contributed by atoms with Gasteiger partial charge in [-0.3, -0.25) is 9.59 Å². The quantitative estimate of drug-likeness (QED) is 0.462.